The molecule has 0 saturated carbocycles. The van der Waals surface area contributed by atoms with Crippen LogP contribution in [0.2, 0.25) is 0 Å². The topological polar surface area (TPSA) is 112 Å². The number of ether oxygens (including phenoxy) is 1. The van der Waals surface area contributed by atoms with Crippen LogP contribution in [0.15, 0.2) is 40.8 Å². The summed E-state index contributed by atoms with van der Waals surface area (Å²) in [5, 5.41) is 17.8. The summed E-state index contributed by atoms with van der Waals surface area (Å²) in [6.45, 7) is 4.26. The van der Waals surface area contributed by atoms with E-state index in [1.165, 1.54) is 25.3 Å². The highest BCUT2D eigenvalue weighted by atomic mass is 16.6. The smallest absolute Gasteiger partial charge is 0.291 e. The van der Waals surface area contributed by atoms with Crippen LogP contribution in [0.5, 0.6) is 5.75 Å². The van der Waals surface area contributed by atoms with Crippen LogP contribution in [0, 0.1) is 24.0 Å². The lowest BCUT2D eigenvalue weighted by molar-refractivity contribution is -0.384. The first-order chi connectivity index (χ1) is 12.9. The van der Waals surface area contributed by atoms with E-state index in [-0.39, 0.29) is 17.2 Å². The molecule has 0 fully saturated rings. The number of aromatic nitrogens is 2. The number of rotatable bonds is 6. The normalized spacial score (nSPS) is 10.6. The van der Waals surface area contributed by atoms with Crippen LogP contribution in [0.1, 0.15) is 27.7 Å². The summed E-state index contributed by atoms with van der Waals surface area (Å²) in [6.07, 6.45) is 0. The first-order valence-corrected chi connectivity index (χ1v) is 8.11. The Morgan fingerprint density at radius 2 is 2.07 bits per heavy atom. The van der Waals surface area contributed by atoms with Gasteiger partial charge >= 0.3 is 0 Å². The Labute approximate surface area is 154 Å². The minimum absolute atomic E-state index is 0.118. The van der Waals surface area contributed by atoms with Gasteiger partial charge in [0.05, 0.1) is 36.0 Å². The van der Waals surface area contributed by atoms with Gasteiger partial charge in [-0.1, -0.05) is 0 Å². The number of carbonyl (C=O) groups excluding carboxylic acids is 1. The zero-order valence-electron chi connectivity index (χ0n) is 15.1. The maximum absolute atomic E-state index is 12.4. The number of nitrogens with one attached hydrogen (secondary N) is 1. The van der Waals surface area contributed by atoms with Gasteiger partial charge in [0.1, 0.15) is 11.5 Å². The number of methoxy groups -OCH3 is 1. The summed E-state index contributed by atoms with van der Waals surface area (Å²) in [5.74, 6) is 0.405. The van der Waals surface area contributed by atoms with Crippen molar-refractivity contribution < 1.29 is 18.9 Å². The number of furan rings is 1. The van der Waals surface area contributed by atoms with Crippen LogP contribution in [-0.4, -0.2) is 27.7 Å². The van der Waals surface area contributed by atoms with Gasteiger partial charge in [-0.15, -0.1) is 0 Å². The number of hydrogen-bond donors (Lipinski definition) is 1. The molecule has 2 heterocycles. The van der Waals surface area contributed by atoms with Gasteiger partial charge in [-0.3, -0.25) is 19.6 Å². The van der Waals surface area contributed by atoms with Gasteiger partial charge in [-0.25, -0.2) is 0 Å². The molecular weight excluding hydrogens is 352 g/mol. The van der Waals surface area contributed by atoms with Crippen molar-refractivity contribution >= 4 is 17.3 Å². The van der Waals surface area contributed by atoms with Gasteiger partial charge in [0, 0.05) is 11.8 Å². The standard InChI is InChI=1S/C18H18N4O5/c1-11-8-12(2)21(20-11)10-14-5-7-16(27-14)18(23)19-15-6-4-13(22(24)25)9-17(15)26-3/h4-9H,10H2,1-3H3,(H,19,23). The Balaban J connectivity index is 1.74. The van der Waals surface area contributed by atoms with Crippen LogP contribution < -0.4 is 10.1 Å². The summed E-state index contributed by atoms with van der Waals surface area (Å²) in [7, 11) is 1.37. The van der Waals surface area contributed by atoms with Crippen molar-refractivity contribution in [2.45, 2.75) is 20.4 Å². The number of aryl methyl sites for hydroxylation is 2. The van der Waals surface area contributed by atoms with Crippen LogP contribution in [0.3, 0.4) is 0 Å². The van der Waals surface area contributed by atoms with Crippen LogP contribution in [0.25, 0.3) is 0 Å². The number of non-ortho nitro benzene ring substituents is 1. The third kappa shape index (κ3) is 3.97. The first kappa shape index (κ1) is 18.2. The van der Waals surface area contributed by atoms with E-state index in [4.69, 9.17) is 9.15 Å². The Morgan fingerprint density at radius 1 is 1.30 bits per heavy atom. The molecule has 9 nitrogen and oxygen atoms in total. The van der Waals surface area contributed by atoms with Crippen LogP contribution in [0.4, 0.5) is 11.4 Å². The molecule has 1 N–H and O–H groups in total. The van der Waals surface area contributed by atoms with Crippen molar-refractivity contribution in [1.29, 1.82) is 0 Å². The van der Waals surface area contributed by atoms with E-state index in [1.54, 1.807) is 16.8 Å². The van der Waals surface area contributed by atoms with Gasteiger partial charge in [-0.2, -0.15) is 5.10 Å². The summed E-state index contributed by atoms with van der Waals surface area (Å²) in [6, 6.07) is 9.17. The Bertz CT molecular complexity index is 1010. The summed E-state index contributed by atoms with van der Waals surface area (Å²) >= 11 is 0. The predicted molar refractivity (Wildman–Crippen MR) is 97.1 cm³/mol. The maximum Gasteiger partial charge on any atom is 0.291 e. The summed E-state index contributed by atoms with van der Waals surface area (Å²) in [4.78, 5) is 22.7. The first-order valence-electron chi connectivity index (χ1n) is 8.11. The van der Waals surface area contributed by atoms with Crippen molar-refractivity contribution in [2.24, 2.45) is 0 Å². The van der Waals surface area contributed by atoms with Crippen molar-refractivity contribution in [3.8, 4) is 5.75 Å². The number of anilines is 1. The molecule has 2 aromatic heterocycles. The van der Waals surface area contributed by atoms with Gasteiger partial charge in [0.25, 0.3) is 11.6 Å². The largest absolute Gasteiger partial charge is 0.494 e. The fraction of sp³-hybridized carbons (Fsp3) is 0.222. The fourth-order valence-corrected chi connectivity index (χ4v) is 2.65. The lowest BCUT2D eigenvalue weighted by atomic mass is 10.2. The molecule has 0 atom stereocenters. The SMILES string of the molecule is COc1cc([N+](=O)[O-])ccc1NC(=O)c1ccc(Cn2nc(C)cc2C)o1. The molecule has 0 aliphatic carbocycles. The third-order valence-electron chi connectivity index (χ3n) is 3.94. The van der Waals surface area contributed by atoms with Crippen molar-refractivity contribution in [1.82, 2.24) is 9.78 Å². The molecule has 0 spiro atoms. The molecule has 3 rings (SSSR count). The molecule has 1 aromatic carbocycles. The monoisotopic (exact) mass is 370 g/mol. The van der Waals surface area contributed by atoms with Crippen LogP contribution >= 0.6 is 0 Å². The van der Waals surface area contributed by atoms with E-state index >= 15 is 0 Å². The van der Waals surface area contributed by atoms with E-state index in [0.717, 1.165) is 11.4 Å². The van der Waals surface area contributed by atoms with Gasteiger partial charge < -0.3 is 14.5 Å². The number of nitro groups is 1. The average molecular weight is 370 g/mol. The molecular formula is C18H18N4O5. The van der Waals surface area contributed by atoms with E-state index < -0.39 is 10.8 Å². The number of nitro benzene ring substituents is 1. The molecule has 0 bridgehead atoms. The minimum Gasteiger partial charge on any atom is -0.494 e. The van der Waals surface area contributed by atoms with Crippen molar-refractivity contribution in [2.75, 3.05) is 12.4 Å². The molecule has 0 unspecified atom stereocenters. The van der Waals surface area contributed by atoms with E-state index in [2.05, 4.69) is 10.4 Å². The Kier molecular flexibility index (Phi) is 4.93. The molecule has 0 saturated heterocycles. The molecule has 27 heavy (non-hydrogen) atoms. The van der Waals surface area contributed by atoms with Crippen molar-refractivity contribution in [3.63, 3.8) is 0 Å². The van der Waals surface area contributed by atoms with E-state index in [0.29, 0.717) is 18.0 Å². The number of carbonyl (C=O) groups is 1. The fourth-order valence-electron chi connectivity index (χ4n) is 2.65. The number of benzene rings is 1. The Morgan fingerprint density at radius 3 is 2.70 bits per heavy atom. The van der Waals surface area contributed by atoms with Gasteiger partial charge in [-0.05, 0) is 38.1 Å². The number of amides is 1. The van der Waals surface area contributed by atoms with Gasteiger partial charge in [0.15, 0.2) is 5.76 Å². The Hall–Kier alpha value is -3.62. The summed E-state index contributed by atoms with van der Waals surface area (Å²) < 4.78 is 12.5. The molecule has 3 aromatic rings. The lowest BCUT2D eigenvalue weighted by Gasteiger charge is -2.09. The second kappa shape index (κ2) is 7.32. The molecule has 9 heteroatoms. The lowest BCUT2D eigenvalue weighted by Crippen LogP contribution is -2.12. The van der Waals surface area contributed by atoms with E-state index in [9.17, 15) is 14.9 Å². The highest BCUT2D eigenvalue weighted by molar-refractivity contribution is 6.03. The van der Waals surface area contributed by atoms with E-state index in [1.807, 2.05) is 19.9 Å². The molecule has 0 aliphatic rings. The minimum atomic E-state index is -0.536. The third-order valence-corrected chi connectivity index (χ3v) is 3.94. The predicted octanol–water partition coefficient (Wildman–Crippen LogP) is 3.31. The zero-order chi connectivity index (χ0) is 19.6. The maximum atomic E-state index is 12.4. The molecule has 140 valence electrons. The second-order valence-corrected chi connectivity index (χ2v) is 5.95. The summed E-state index contributed by atoms with van der Waals surface area (Å²) in [5.41, 5.74) is 2.08. The van der Waals surface area contributed by atoms with Crippen LogP contribution in [-0.2, 0) is 6.54 Å². The number of hydrogen-bond acceptors (Lipinski definition) is 6. The quantitative estimate of drug-likeness (QED) is 0.526. The molecule has 0 aliphatic heterocycles. The zero-order valence-corrected chi connectivity index (χ0v) is 15.1. The number of nitrogens with zero attached hydrogens (tertiary/aromatic N) is 3. The van der Waals surface area contributed by atoms with Gasteiger partial charge in [0.2, 0.25) is 0 Å². The molecule has 0 radical (unpaired) electrons. The highest BCUT2D eigenvalue weighted by Gasteiger charge is 2.17. The molecule has 1 amide bonds. The van der Waals surface area contributed by atoms with Crippen molar-refractivity contribution in [3.05, 3.63) is 69.4 Å². The second-order valence-electron chi connectivity index (χ2n) is 5.95. The highest BCUT2D eigenvalue weighted by Crippen LogP contribution is 2.29. The average Bonchev–Trinajstić information content (AvgIpc) is 3.21.